The average Bonchev–Trinajstić information content (AvgIpc) is 3.09. The quantitative estimate of drug-likeness (QED) is 0.0561. The zero-order chi connectivity index (χ0) is 34.3. The van der Waals surface area contributed by atoms with Crippen LogP contribution in [0.2, 0.25) is 0 Å². The Morgan fingerprint density at radius 3 is 1.42 bits per heavy atom. The Kier molecular flexibility index (Phi) is 26.5. The maximum absolute atomic E-state index is 12.6. The molecule has 1 aromatic rings. The first-order valence-corrected chi connectivity index (χ1v) is 20.6. The second-order valence-corrected chi connectivity index (χ2v) is 14.5. The number of piperazine rings is 1. The lowest BCUT2D eigenvalue weighted by molar-refractivity contribution is -0.145. The minimum absolute atomic E-state index is 0.125. The van der Waals surface area contributed by atoms with Crippen molar-refractivity contribution in [3.05, 3.63) is 23.8 Å². The summed E-state index contributed by atoms with van der Waals surface area (Å²) in [5.74, 6) is 1.51. The van der Waals surface area contributed by atoms with Crippen LogP contribution in [0, 0.1) is 0 Å². The molecule has 1 heterocycles. The van der Waals surface area contributed by atoms with Crippen molar-refractivity contribution in [3.63, 3.8) is 0 Å². The van der Waals surface area contributed by atoms with Gasteiger partial charge in [-0.25, -0.2) is 0 Å². The summed E-state index contributed by atoms with van der Waals surface area (Å²) in [5.41, 5.74) is 0.937. The van der Waals surface area contributed by atoms with Gasteiger partial charge in [-0.1, -0.05) is 142 Å². The molecule has 2 rings (SSSR count). The largest absolute Gasteiger partial charge is 0.493 e. The molecular formula is C42H76N2O4. The van der Waals surface area contributed by atoms with Crippen molar-refractivity contribution in [1.82, 2.24) is 9.80 Å². The van der Waals surface area contributed by atoms with E-state index in [4.69, 9.17) is 14.2 Å². The molecule has 0 radical (unpaired) electrons. The fraction of sp³-hybridized carbons (Fsp3) is 0.833. The third-order valence-electron chi connectivity index (χ3n) is 9.82. The van der Waals surface area contributed by atoms with Crippen LogP contribution in [0.4, 0.5) is 0 Å². The molecule has 278 valence electrons. The third kappa shape index (κ3) is 23.5. The number of hydrogen-bond acceptors (Lipinski definition) is 6. The van der Waals surface area contributed by atoms with E-state index in [1.165, 1.54) is 128 Å². The summed E-state index contributed by atoms with van der Waals surface area (Å²) in [4.78, 5) is 17.4. The van der Waals surface area contributed by atoms with Crippen molar-refractivity contribution < 1.29 is 19.0 Å². The van der Waals surface area contributed by atoms with Gasteiger partial charge in [-0.2, -0.15) is 0 Å². The first-order chi connectivity index (χ1) is 23.6. The number of nitrogens with zero attached hydrogens (tertiary/aromatic N) is 2. The summed E-state index contributed by atoms with van der Waals surface area (Å²) in [6.45, 7) is 11.6. The number of benzene rings is 1. The molecular weight excluding hydrogens is 596 g/mol. The Labute approximate surface area is 297 Å². The Hall–Kier alpha value is -1.79. The maximum atomic E-state index is 12.6. The standard InChI is InChI=1S/C42H76N2O4/c1-4-6-8-10-12-14-15-16-17-19-21-23-25-34-47-41-36-39(38-48-42(45)27-26-28-44-31-29-43(3)30-32-44)35-40(37-41)46-33-24-22-20-18-13-11-9-7-5-2/h35-37H,4-34,38H2,1-3H3. The molecule has 0 saturated carbocycles. The average molecular weight is 673 g/mol. The molecule has 1 aliphatic heterocycles. The van der Waals surface area contributed by atoms with Gasteiger partial charge in [0.15, 0.2) is 0 Å². The van der Waals surface area contributed by atoms with E-state index in [1.807, 2.05) is 18.2 Å². The van der Waals surface area contributed by atoms with Crippen LogP contribution in [0.5, 0.6) is 11.5 Å². The van der Waals surface area contributed by atoms with Crippen molar-refractivity contribution in [2.45, 2.75) is 175 Å². The normalized spacial score (nSPS) is 14.0. The van der Waals surface area contributed by atoms with E-state index in [1.54, 1.807) is 0 Å². The molecule has 1 saturated heterocycles. The van der Waals surface area contributed by atoms with Gasteiger partial charge in [0.1, 0.15) is 18.1 Å². The highest BCUT2D eigenvalue weighted by Crippen LogP contribution is 2.25. The molecule has 48 heavy (non-hydrogen) atoms. The van der Waals surface area contributed by atoms with Crippen LogP contribution in [-0.2, 0) is 16.1 Å². The van der Waals surface area contributed by atoms with E-state index in [2.05, 4.69) is 30.7 Å². The zero-order valence-corrected chi connectivity index (χ0v) is 31.9. The van der Waals surface area contributed by atoms with Gasteiger partial charge < -0.3 is 24.0 Å². The Morgan fingerprint density at radius 1 is 0.562 bits per heavy atom. The highest BCUT2D eigenvalue weighted by Gasteiger charge is 2.14. The van der Waals surface area contributed by atoms with E-state index in [9.17, 15) is 4.79 Å². The molecule has 0 bridgehead atoms. The SMILES string of the molecule is CCCCCCCCCCCCCCCOc1cc(COC(=O)CCCN2CCN(C)CC2)cc(OCCCCCCCCCCC)c1. The molecule has 0 amide bonds. The van der Waals surface area contributed by atoms with Crippen LogP contribution in [0.3, 0.4) is 0 Å². The lowest BCUT2D eigenvalue weighted by atomic mass is 10.0. The fourth-order valence-electron chi connectivity index (χ4n) is 6.55. The first kappa shape index (κ1) is 42.4. The van der Waals surface area contributed by atoms with Gasteiger partial charge in [-0.05, 0) is 50.6 Å². The van der Waals surface area contributed by atoms with Crippen molar-refractivity contribution in [2.75, 3.05) is 53.0 Å². The van der Waals surface area contributed by atoms with Crippen LogP contribution in [-0.4, -0.2) is 68.8 Å². The highest BCUT2D eigenvalue weighted by molar-refractivity contribution is 5.69. The molecule has 1 aromatic carbocycles. The van der Waals surface area contributed by atoms with Gasteiger partial charge in [0.25, 0.3) is 0 Å². The highest BCUT2D eigenvalue weighted by atomic mass is 16.5. The number of carbonyl (C=O) groups is 1. The molecule has 0 aromatic heterocycles. The number of unbranched alkanes of at least 4 members (excludes halogenated alkanes) is 20. The van der Waals surface area contributed by atoms with Gasteiger partial charge in [-0.3, -0.25) is 4.79 Å². The minimum atomic E-state index is -0.125. The van der Waals surface area contributed by atoms with Gasteiger partial charge >= 0.3 is 5.97 Å². The summed E-state index contributed by atoms with van der Waals surface area (Å²) >= 11 is 0. The molecule has 1 fully saturated rings. The summed E-state index contributed by atoms with van der Waals surface area (Å²) < 4.78 is 18.1. The Morgan fingerprint density at radius 2 is 0.979 bits per heavy atom. The summed E-state index contributed by atoms with van der Waals surface area (Å²) in [6, 6.07) is 6.05. The maximum Gasteiger partial charge on any atom is 0.306 e. The zero-order valence-electron chi connectivity index (χ0n) is 31.9. The number of ether oxygens (including phenoxy) is 3. The fourth-order valence-corrected chi connectivity index (χ4v) is 6.55. The van der Waals surface area contributed by atoms with E-state index in [0.717, 1.165) is 69.0 Å². The molecule has 6 nitrogen and oxygen atoms in total. The number of esters is 1. The van der Waals surface area contributed by atoms with Crippen LogP contribution in [0.25, 0.3) is 0 Å². The van der Waals surface area contributed by atoms with E-state index < -0.39 is 0 Å². The molecule has 0 aliphatic carbocycles. The van der Waals surface area contributed by atoms with E-state index in [-0.39, 0.29) is 12.6 Å². The van der Waals surface area contributed by atoms with Crippen molar-refractivity contribution >= 4 is 5.97 Å². The van der Waals surface area contributed by atoms with E-state index >= 15 is 0 Å². The van der Waals surface area contributed by atoms with Crippen molar-refractivity contribution in [2.24, 2.45) is 0 Å². The molecule has 1 aliphatic rings. The third-order valence-corrected chi connectivity index (χ3v) is 9.82. The minimum Gasteiger partial charge on any atom is -0.493 e. The Balaban J connectivity index is 1.68. The lowest BCUT2D eigenvalue weighted by Gasteiger charge is -2.32. The Bertz CT molecular complexity index is 886. The first-order valence-electron chi connectivity index (χ1n) is 20.6. The summed E-state index contributed by atoms with van der Waals surface area (Å²) in [7, 11) is 2.17. The van der Waals surface area contributed by atoms with Gasteiger partial charge in [0.05, 0.1) is 13.2 Å². The topological polar surface area (TPSA) is 51.2 Å². The second-order valence-electron chi connectivity index (χ2n) is 14.5. The molecule has 6 heteroatoms. The van der Waals surface area contributed by atoms with Gasteiger partial charge in [0, 0.05) is 38.7 Å². The van der Waals surface area contributed by atoms with Crippen molar-refractivity contribution in [1.29, 1.82) is 0 Å². The van der Waals surface area contributed by atoms with Gasteiger partial charge in [0.2, 0.25) is 0 Å². The van der Waals surface area contributed by atoms with Crippen LogP contribution in [0.1, 0.15) is 174 Å². The summed E-state index contributed by atoms with van der Waals surface area (Å²) in [5, 5.41) is 0. The molecule has 0 N–H and O–H groups in total. The lowest BCUT2D eigenvalue weighted by Crippen LogP contribution is -2.44. The van der Waals surface area contributed by atoms with Crippen molar-refractivity contribution in [3.8, 4) is 11.5 Å². The number of hydrogen-bond donors (Lipinski definition) is 0. The van der Waals surface area contributed by atoms with Crippen LogP contribution >= 0.6 is 0 Å². The second kappa shape index (κ2) is 30.1. The predicted molar refractivity (Wildman–Crippen MR) is 203 cm³/mol. The predicted octanol–water partition coefficient (Wildman–Crippen LogP) is 11.1. The monoisotopic (exact) mass is 673 g/mol. The van der Waals surface area contributed by atoms with Crippen LogP contribution < -0.4 is 9.47 Å². The molecule has 0 spiro atoms. The van der Waals surface area contributed by atoms with E-state index in [0.29, 0.717) is 19.6 Å². The summed E-state index contributed by atoms with van der Waals surface area (Å²) in [6.07, 6.45) is 30.5. The number of likely N-dealkylation sites (N-methyl/N-ethyl adjacent to an activating group) is 1. The van der Waals surface area contributed by atoms with Gasteiger partial charge in [-0.15, -0.1) is 0 Å². The van der Waals surface area contributed by atoms with Crippen LogP contribution in [0.15, 0.2) is 18.2 Å². The molecule has 0 atom stereocenters. The number of carbonyl (C=O) groups excluding carboxylic acids is 1. The smallest absolute Gasteiger partial charge is 0.306 e. The molecule has 0 unspecified atom stereocenters. The number of rotatable bonds is 32.